The Bertz CT molecular complexity index is 1120. The number of hydrogen-bond donors (Lipinski definition) is 1. The van der Waals surface area contributed by atoms with E-state index in [1.54, 1.807) is 26.5 Å². The molecular weight excluding hydrogens is 440 g/mol. The molecule has 0 aliphatic carbocycles. The number of rotatable bonds is 10. The lowest BCUT2D eigenvalue weighted by molar-refractivity contribution is -0.384. The second-order valence-corrected chi connectivity index (χ2v) is 6.99. The third-order valence-corrected chi connectivity index (χ3v) is 4.79. The van der Waals surface area contributed by atoms with Crippen LogP contribution in [0.15, 0.2) is 48.7 Å². The van der Waals surface area contributed by atoms with Gasteiger partial charge in [0.2, 0.25) is 0 Å². The number of non-ortho nitro benzene ring substituents is 1. The van der Waals surface area contributed by atoms with Crippen molar-refractivity contribution < 1.29 is 23.9 Å². The summed E-state index contributed by atoms with van der Waals surface area (Å²) in [6.07, 6.45) is 2.19. The maximum atomic E-state index is 12.3. The van der Waals surface area contributed by atoms with Gasteiger partial charge in [0.15, 0.2) is 18.2 Å². The molecule has 3 rings (SSSR count). The predicted molar refractivity (Wildman–Crippen MR) is 117 cm³/mol. The molecule has 10 nitrogen and oxygen atoms in total. The quantitative estimate of drug-likeness (QED) is 0.363. The first kappa shape index (κ1) is 22.9. The molecule has 3 aromatic rings. The summed E-state index contributed by atoms with van der Waals surface area (Å²) >= 11 is 6.00. The number of nitrogens with one attached hydrogen (secondary N) is 1. The van der Waals surface area contributed by atoms with Crippen molar-refractivity contribution >= 4 is 23.2 Å². The van der Waals surface area contributed by atoms with E-state index >= 15 is 0 Å². The first-order valence-electron chi connectivity index (χ1n) is 9.50. The van der Waals surface area contributed by atoms with E-state index in [-0.39, 0.29) is 34.8 Å². The van der Waals surface area contributed by atoms with E-state index in [9.17, 15) is 14.9 Å². The van der Waals surface area contributed by atoms with Crippen LogP contribution >= 0.6 is 11.6 Å². The second-order valence-electron chi connectivity index (χ2n) is 6.58. The molecule has 168 valence electrons. The van der Waals surface area contributed by atoms with Crippen LogP contribution in [-0.4, -0.2) is 41.4 Å². The molecule has 0 radical (unpaired) electrons. The number of ether oxygens (including phenoxy) is 3. The van der Waals surface area contributed by atoms with E-state index in [0.717, 1.165) is 5.56 Å². The van der Waals surface area contributed by atoms with Crippen LogP contribution < -0.4 is 19.5 Å². The van der Waals surface area contributed by atoms with Crippen LogP contribution in [0.1, 0.15) is 16.1 Å². The molecule has 0 saturated carbocycles. The molecule has 1 heterocycles. The van der Waals surface area contributed by atoms with Gasteiger partial charge in [0.05, 0.1) is 24.2 Å². The minimum absolute atomic E-state index is 0.0174. The van der Waals surface area contributed by atoms with Gasteiger partial charge in [-0.2, -0.15) is 5.10 Å². The number of methoxy groups -OCH3 is 2. The van der Waals surface area contributed by atoms with E-state index in [1.165, 1.54) is 22.9 Å². The fourth-order valence-corrected chi connectivity index (χ4v) is 3.09. The molecule has 0 fully saturated rings. The number of carbonyl (C=O) groups excluding carboxylic acids is 1. The Labute approximate surface area is 188 Å². The molecule has 1 aromatic heterocycles. The first-order valence-corrected chi connectivity index (χ1v) is 9.88. The Kier molecular flexibility index (Phi) is 7.50. The summed E-state index contributed by atoms with van der Waals surface area (Å²) in [5.74, 6) is 1.22. The van der Waals surface area contributed by atoms with Gasteiger partial charge in [-0.1, -0.05) is 17.7 Å². The van der Waals surface area contributed by atoms with Crippen LogP contribution in [0.4, 0.5) is 5.69 Å². The number of aromatic nitrogens is 2. The van der Waals surface area contributed by atoms with Gasteiger partial charge >= 0.3 is 0 Å². The van der Waals surface area contributed by atoms with Gasteiger partial charge in [-0.15, -0.1) is 0 Å². The van der Waals surface area contributed by atoms with Crippen molar-refractivity contribution in [2.24, 2.45) is 0 Å². The van der Waals surface area contributed by atoms with Crippen molar-refractivity contribution in [1.82, 2.24) is 15.1 Å². The van der Waals surface area contributed by atoms with Crippen LogP contribution in [0.5, 0.6) is 17.2 Å². The van der Waals surface area contributed by atoms with Crippen LogP contribution in [0.25, 0.3) is 0 Å². The summed E-state index contributed by atoms with van der Waals surface area (Å²) in [5, 5.41) is 17.9. The summed E-state index contributed by atoms with van der Waals surface area (Å²) in [6.45, 7) is 0.395. The number of benzene rings is 2. The van der Waals surface area contributed by atoms with E-state index in [0.29, 0.717) is 24.5 Å². The maximum absolute atomic E-state index is 12.3. The van der Waals surface area contributed by atoms with Gasteiger partial charge < -0.3 is 19.5 Å². The Morgan fingerprint density at radius 2 is 1.88 bits per heavy atom. The van der Waals surface area contributed by atoms with Gasteiger partial charge in [0, 0.05) is 24.9 Å². The molecule has 0 aliphatic heterocycles. The van der Waals surface area contributed by atoms with Gasteiger partial charge in [-0.25, -0.2) is 4.68 Å². The number of halogens is 1. The molecule has 1 N–H and O–H groups in total. The van der Waals surface area contributed by atoms with Crippen molar-refractivity contribution in [3.63, 3.8) is 0 Å². The molecular formula is C21H21ClN4O6. The summed E-state index contributed by atoms with van der Waals surface area (Å²) in [6, 6.07) is 11.1. The Hall–Kier alpha value is -3.79. The summed E-state index contributed by atoms with van der Waals surface area (Å²) in [7, 11) is 3.14. The highest BCUT2D eigenvalue weighted by molar-refractivity contribution is 6.32. The third kappa shape index (κ3) is 5.67. The summed E-state index contributed by atoms with van der Waals surface area (Å²) in [5.41, 5.74) is 1.09. The molecule has 0 aliphatic rings. The monoisotopic (exact) mass is 460 g/mol. The van der Waals surface area contributed by atoms with Crippen molar-refractivity contribution in [2.75, 3.05) is 20.8 Å². The molecule has 0 bridgehead atoms. The molecule has 1 amide bonds. The van der Waals surface area contributed by atoms with E-state index in [2.05, 4.69) is 10.4 Å². The highest BCUT2D eigenvalue weighted by Crippen LogP contribution is 2.29. The predicted octanol–water partition coefficient (Wildman–Crippen LogP) is 3.47. The van der Waals surface area contributed by atoms with E-state index in [1.807, 2.05) is 18.2 Å². The average molecular weight is 461 g/mol. The fourth-order valence-electron chi connectivity index (χ4n) is 2.86. The highest BCUT2D eigenvalue weighted by Gasteiger charge is 2.12. The van der Waals surface area contributed by atoms with Crippen molar-refractivity contribution in [3.8, 4) is 17.2 Å². The lowest BCUT2D eigenvalue weighted by Crippen LogP contribution is -2.26. The fraction of sp³-hybridized carbons (Fsp3) is 0.238. The molecule has 2 aromatic carbocycles. The van der Waals surface area contributed by atoms with Crippen molar-refractivity contribution in [3.05, 3.63) is 75.1 Å². The second kappa shape index (κ2) is 10.5. The van der Waals surface area contributed by atoms with Gasteiger partial charge in [0.1, 0.15) is 11.4 Å². The molecule has 11 heteroatoms. The summed E-state index contributed by atoms with van der Waals surface area (Å²) in [4.78, 5) is 22.6. The van der Waals surface area contributed by atoms with Crippen molar-refractivity contribution in [1.29, 1.82) is 0 Å². The van der Waals surface area contributed by atoms with Crippen LogP contribution in [0.2, 0.25) is 5.02 Å². The molecule has 0 saturated heterocycles. The lowest BCUT2D eigenvalue weighted by Gasteiger charge is -2.10. The Morgan fingerprint density at radius 1 is 1.12 bits per heavy atom. The molecule has 0 unspecified atom stereocenters. The average Bonchev–Trinajstić information content (AvgIpc) is 3.27. The largest absolute Gasteiger partial charge is 0.493 e. The minimum Gasteiger partial charge on any atom is -0.493 e. The third-order valence-electron chi connectivity index (χ3n) is 4.50. The number of amides is 1. The zero-order valence-electron chi connectivity index (χ0n) is 17.4. The Morgan fingerprint density at radius 3 is 2.56 bits per heavy atom. The Balaban J connectivity index is 1.51. The van der Waals surface area contributed by atoms with E-state index < -0.39 is 4.92 Å². The van der Waals surface area contributed by atoms with Crippen LogP contribution in [-0.2, 0) is 13.2 Å². The topological polar surface area (TPSA) is 118 Å². The molecule has 0 atom stereocenters. The van der Waals surface area contributed by atoms with E-state index in [4.69, 9.17) is 25.8 Å². The molecule has 32 heavy (non-hydrogen) atoms. The normalized spacial score (nSPS) is 10.5. The van der Waals surface area contributed by atoms with Gasteiger partial charge in [-0.3, -0.25) is 14.9 Å². The number of carbonyl (C=O) groups is 1. The standard InChI is InChI=1S/C21H21ClN4O6/c1-30-19-5-3-14(11-20(19)31-2)7-9-23-21(27)17-8-10-25(24-17)13-32-18-6-4-15(26(28)29)12-16(18)22/h3-6,8,10-12H,7,9,13H2,1-2H3,(H,23,27). The zero-order chi connectivity index (χ0) is 23.1. The minimum atomic E-state index is -0.542. The highest BCUT2D eigenvalue weighted by atomic mass is 35.5. The summed E-state index contributed by atoms with van der Waals surface area (Å²) < 4.78 is 17.4. The number of hydrogen-bond acceptors (Lipinski definition) is 7. The van der Waals surface area contributed by atoms with Gasteiger partial charge in [-0.05, 0) is 36.2 Å². The smallest absolute Gasteiger partial charge is 0.271 e. The van der Waals surface area contributed by atoms with Crippen molar-refractivity contribution in [2.45, 2.75) is 13.2 Å². The number of nitrogens with zero attached hydrogens (tertiary/aromatic N) is 3. The zero-order valence-corrected chi connectivity index (χ0v) is 18.2. The number of nitro groups is 1. The lowest BCUT2D eigenvalue weighted by atomic mass is 10.1. The van der Waals surface area contributed by atoms with Crippen LogP contribution in [0.3, 0.4) is 0 Å². The SMILES string of the molecule is COc1ccc(CCNC(=O)c2ccn(COc3ccc([N+](=O)[O-])cc3Cl)n2)cc1OC. The van der Waals surface area contributed by atoms with Crippen LogP contribution in [0, 0.1) is 10.1 Å². The van der Waals surface area contributed by atoms with Gasteiger partial charge in [0.25, 0.3) is 11.6 Å². The number of nitro benzene ring substituents is 1. The maximum Gasteiger partial charge on any atom is 0.271 e. The molecule has 0 spiro atoms. The first-order chi connectivity index (χ1) is 15.4.